The molecule has 104 valence electrons. The summed E-state index contributed by atoms with van der Waals surface area (Å²) in [5.41, 5.74) is 0. The lowest BCUT2D eigenvalue weighted by molar-refractivity contribution is -0.133. The maximum atomic E-state index is 12.4. The molecule has 1 unspecified atom stereocenters. The lowest BCUT2D eigenvalue weighted by atomic mass is 9.93. The number of hydrogen-bond acceptors (Lipinski definition) is 2. The molecular formula is C16H23NOS. The van der Waals surface area contributed by atoms with Gasteiger partial charge < -0.3 is 4.90 Å². The fraction of sp³-hybridized carbons (Fsp3) is 0.562. The first-order chi connectivity index (χ1) is 9.18. The normalized spacial score (nSPS) is 19.7. The van der Waals surface area contributed by atoms with Crippen molar-refractivity contribution in [1.29, 1.82) is 0 Å². The van der Waals surface area contributed by atoms with E-state index in [4.69, 9.17) is 0 Å². The SMILES string of the molecule is CC(C)C1CCCCN1C(=O)CSc1ccccc1. The van der Waals surface area contributed by atoms with Crippen molar-refractivity contribution in [3.05, 3.63) is 30.3 Å². The van der Waals surface area contributed by atoms with E-state index in [1.807, 2.05) is 18.2 Å². The second-order valence-corrected chi connectivity index (χ2v) is 6.54. The maximum Gasteiger partial charge on any atom is 0.233 e. The standard InChI is InChI=1S/C16H23NOS/c1-13(2)15-10-6-7-11-17(15)16(18)12-19-14-8-4-3-5-9-14/h3-5,8-9,13,15H,6-7,10-12H2,1-2H3. The first-order valence-corrected chi connectivity index (χ1v) is 8.14. The highest BCUT2D eigenvalue weighted by Crippen LogP contribution is 2.25. The molecule has 1 fully saturated rings. The van der Waals surface area contributed by atoms with E-state index < -0.39 is 0 Å². The Labute approximate surface area is 120 Å². The van der Waals surface area contributed by atoms with E-state index in [0.717, 1.165) is 13.0 Å². The second kappa shape index (κ2) is 6.99. The molecule has 3 heteroatoms. The molecule has 19 heavy (non-hydrogen) atoms. The average Bonchev–Trinajstić information content (AvgIpc) is 2.46. The van der Waals surface area contributed by atoms with Crippen LogP contribution in [0.5, 0.6) is 0 Å². The van der Waals surface area contributed by atoms with Crippen LogP contribution in [0.25, 0.3) is 0 Å². The summed E-state index contributed by atoms with van der Waals surface area (Å²) < 4.78 is 0. The third-order valence-corrected chi connectivity index (χ3v) is 4.74. The third-order valence-electron chi connectivity index (χ3n) is 3.74. The number of hydrogen-bond donors (Lipinski definition) is 0. The molecule has 0 aliphatic carbocycles. The lowest BCUT2D eigenvalue weighted by Gasteiger charge is -2.38. The van der Waals surface area contributed by atoms with Crippen LogP contribution < -0.4 is 0 Å². The number of rotatable bonds is 4. The predicted octanol–water partition coefficient (Wildman–Crippen LogP) is 3.82. The molecule has 0 N–H and O–H groups in total. The molecule has 0 spiro atoms. The quantitative estimate of drug-likeness (QED) is 0.780. The fourth-order valence-corrected chi connectivity index (χ4v) is 3.51. The van der Waals surface area contributed by atoms with Crippen LogP contribution in [0.2, 0.25) is 0 Å². The molecule has 0 aromatic heterocycles. The molecule has 1 atom stereocenters. The molecule has 2 nitrogen and oxygen atoms in total. The van der Waals surface area contributed by atoms with Gasteiger partial charge in [-0.2, -0.15) is 0 Å². The van der Waals surface area contributed by atoms with Crippen LogP contribution in [0.1, 0.15) is 33.1 Å². The minimum atomic E-state index is 0.298. The molecule has 1 aromatic carbocycles. The van der Waals surface area contributed by atoms with Crippen molar-refractivity contribution in [2.45, 2.75) is 44.0 Å². The van der Waals surface area contributed by atoms with Crippen LogP contribution in [-0.4, -0.2) is 29.1 Å². The van der Waals surface area contributed by atoms with Gasteiger partial charge in [-0.25, -0.2) is 0 Å². The third kappa shape index (κ3) is 4.00. The molecular weight excluding hydrogens is 254 g/mol. The van der Waals surface area contributed by atoms with E-state index in [9.17, 15) is 4.79 Å². The number of benzene rings is 1. The largest absolute Gasteiger partial charge is 0.339 e. The number of piperidine rings is 1. The van der Waals surface area contributed by atoms with Crippen molar-refractivity contribution in [1.82, 2.24) is 4.90 Å². The summed E-state index contributed by atoms with van der Waals surface area (Å²) in [4.78, 5) is 15.7. The Bertz CT molecular complexity index is 404. The van der Waals surface area contributed by atoms with E-state index in [0.29, 0.717) is 23.6 Å². The Kier molecular flexibility index (Phi) is 5.32. The number of carbonyl (C=O) groups is 1. The summed E-state index contributed by atoms with van der Waals surface area (Å²) in [7, 11) is 0. The van der Waals surface area contributed by atoms with Gasteiger partial charge in [0.25, 0.3) is 0 Å². The number of carbonyl (C=O) groups excluding carboxylic acids is 1. The van der Waals surface area contributed by atoms with Crippen LogP contribution in [0.4, 0.5) is 0 Å². The Morgan fingerprint density at radius 2 is 2.05 bits per heavy atom. The van der Waals surface area contributed by atoms with E-state index in [2.05, 4.69) is 30.9 Å². The summed E-state index contributed by atoms with van der Waals surface area (Å²) in [6.07, 6.45) is 3.59. The Balaban J connectivity index is 1.91. The van der Waals surface area contributed by atoms with Crippen molar-refractivity contribution in [2.75, 3.05) is 12.3 Å². The van der Waals surface area contributed by atoms with Gasteiger partial charge in [0.05, 0.1) is 5.75 Å². The second-order valence-electron chi connectivity index (χ2n) is 5.50. The van der Waals surface area contributed by atoms with Gasteiger partial charge in [-0.05, 0) is 37.3 Å². The number of thioether (sulfide) groups is 1. The van der Waals surface area contributed by atoms with Crippen LogP contribution in [0.15, 0.2) is 35.2 Å². The van der Waals surface area contributed by atoms with Crippen molar-refractivity contribution in [3.8, 4) is 0 Å². The van der Waals surface area contributed by atoms with Crippen LogP contribution in [-0.2, 0) is 4.79 Å². The molecule has 0 saturated carbocycles. The molecule has 1 aromatic rings. The van der Waals surface area contributed by atoms with Gasteiger partial charge in [-0.15, -0.1) is 11.8 Å². The van der Waals surface area contributed by atoms with E-state index >= 15 is 0 Å². The van der Waals surface area contributed by atoms with Gasteiger partial charge >= 0.3 is 0 Å². The molecule has 1 amide bonds. The highest BCUT2D eigenvalue weighted by Gasteiger charge is 2.28. The molecule has 0 radical (unpaired) electrons. The average molecular weight is 277 g/mol. The Morgan fingerprint density at radius 1 is 1.32 bits per heavy atom. The fourth-order valence-electron chi connectivity index (χ4n) is 2.70. The minimum absolute atomic E-state index is 0.298. The highest BCUT2D eigenvalue weighted by molar-refractivity contribution is 8.00. The van der Waals surface area contributed by atoms with E-state index in [1.165, 1.54) is 17.7 Å². The van der Waals surface area contributed by atoms with Crippen molar-refractivity contribution < 1.29 is 4.79 Å². The number of amides is 1. The van der Waals surface area contributed by atoms with Crippen molar-refractivity contribution in [3.63, 3.8) is 0 Å². The molecule has 1 aliphatic rings. The summed E-state index contributed by atoms with van der Waals surface area (Å²) in [6, 6.07) is 10.6. The van der Waals surface area contributed by atoms with Crippen LogP contribution in [0.3, 0.4) is 0 Å². The lowest BCUT2D eigenvalue weighted by Crippen LogP contribution is -2.47. The number of likely N-dealkylation sites (tertiary alicyclic amines) is 1. The molecule has 1 saturated heterocycles. The zero-order chi connectivity index (χ0) is 13.7. The smallest absolute Gasteiger partial charge is 0.233 e. The van der Waals surface area contributed by atoms with Crippen molar-refractivity contribution in [2.24, 2.45) is 5.92 Å². The van der Waals surface area contributed by atoms with Gasteiger partial charge in [0, 0.05) is 17.5 Å². The first kappa shape index (κ1) is 14.4. The van der Waals surface area contributed by atoms with Crippen LogP contribution in [0, 0.1) is 5.92 Å². The summed E-state index contributed by atoms with van der Waals surface area (Å²) >= 11 is 1.64. The molecule has 0 bridgehead atoms. The summed E-state index contributed by atoms with van der Waals surface area (Å²) in [6.45, 7) is 5.39. The Morgan fingerprint density at radius 3 is 2.74 bits per heavy atom. The van der Waals surface area contributed by atoms with E-state index in [-0.39, 0.29) is 0 Å². The van der Waals surface area contributed by atoms with Gasteiger partial charge in [0.1, 0.15) is 0 Å². The van der Waals surface area contributed by atoms with Gasteiger partial charge in [-0.1, -0.05) is 32.0 Å². The van der Waals surface area contributed by atoms with E-state index in [1.54, 1.807) is 11.8 Å². The summed E-state index contributed by atoms with van der Waals surface area (Å²) in [5.74, 6) is 1.42. The Hall–Kier alpha value is -0.960. The maximum absolute atomic E-state index is 12.4. The van der Waals surface area contributed by atoms with Gasteiger partial charge in [0.2, 0.25) is 5.91 Å². The van der Waals surface area contributed by atoms with Gasteiger partial charge in [-0.3, -0.25) is 4.79 Å². The zero-order valence-electron chi connectivity index (χ0n) is 11.8. The molecule has 2 rings (SSSR count). The summed E-state index contributed by atoms with van der Waals surface area (Å²) in [5, 5.41) is 0. The topological polar surface area (TPSA) is 20.3 Å². The minimum Gasteiger partial charge on any atom is -0.339 e. The molecule has 1 heterocycles. The predicted molar refractivity (Wildman–Crippen MR) is 81.4 cm³/mol. The first-order valence-electron chi connectivity index (χ1n) is 7.16. The van der Waals surface area contributed by atoms with Gasteiger partial charge in [0.15, 0.2) is 0 Å². The monoisotopic (exact) mass is 277 g/mol. The zero-order valence-corrected chi connectivity index (χ0v) is 12.7. The van der Waals surface area contributed by atoms with Crippen molar-refractivity contribution >= 4 is 17.7 Å². The number of nitrogens with zero attached hydrogens (tertiary/aromatic N) is 1. The highest BCUT2D eigenvalue weighted by atomic mass is 32.2. The molecule has 1 aliphatic heterocycles. The van der Waals surface area contributed by atoms with Crippen LogP contribution >= 0.6 is 11.8 Å².